The van der Waals surface area contributed by atoms with Crippen LogP contribution in [0, 0.1) is 5.82 Å². The number of nitrogens with zero attached hydrogens (tertiary/aromatic N) is 1. The first kappa shape index (κ1) is 17.7. The first-order valence-electron chi connectivity index (χ1n) is 7.16. The molecule has 2 rings (SSSR count). The van der Waals surface area contributed by atoms with Crippen LogP contribution >= 0.6 is 11.6 Å². The number of hydrogen-bond acceptors (Lipinski definition) is 4. The van der Waals surface area contributed by atoms with Crippen molar-refractivity contribution < 1.29 is 13.9 Å². The molecule has 0 aliphatic heterocycles. The molecule has 1 amide bonds. The summed E-state index contributed by atoms with van der Waals surface area (Å²) < 4.78 is 18.1. The first-order chi connectivity index (χ1) is 11.5. The van der Waals surface area contributed by atoms with E-state index in [1.54, 1.807) is 38.3 Å². The molecule has 0 atom stereocenters. The summed E-state index contributed by atoms with van der Waals surface area (Å²) in [5, 5.41) is 7.18. The Balaban J connectivity index is 1.89. The minimum atomic E-state index is -0.427. The number of hydrazone groups is 1. The smallest absolute Gasteiger partial charge is 0.259 e. The Morgan fingerprint density at radius 3 is 2.58 bits per heavy atom. The lowest BCUT2D eigenvalue weighted by molar-refractivity contribution is -0.119. The lowest BCUT2D eigenvalue weighted by Gasteiger charge is -2.07. The number of benzene rings is 2. The minimum Gasteiger partial charge on any atom is -0.497 e. The van der Waals surface area contributed by atoms with Gasteiger partial charge < -0.3 is 10.1 Å². The van der Waals surface area contributed by atoms with Crippen LogP contribution in [0.2, 0.25) is 5.02 Å². The summed E-state index contributed by atoms with van der Waals surface area (Å²) in [7, 11) is 1.59. The maximum absolute atomic E-state index is 13.0. The molecule has 0 aromatic heterocycles. The third-order valence-corrected chi connectivity index (χ3v) is 3.53. The van der Waals surface area contributed by atoms with Crippen molar-refractivity contribution in [2.75, 3.05) is 19.0 Å². The van der Waals surface area contributed by atoms with Crippen LogP contribution in [-0.2, 0) is 4.79 Å². The topological polar surface area (TPSA) is 62.7 Å². The van der Waals surface area contributed by atoms with Crippen LogP contribution < -0.4 is 15.5 Å². The fourth-order valence-corrected chi connectivity index (χ4v) is 2.22. The molecule has 126 valence electrons. The molecule has 0 bridgehead atoms. The Kier molecular flexibility index (Phi) is 6.14. The van der Waals surface area contributed by atoms with Crippen molar-refractivity contribution in [1.29, 1.82) is 0 Å². The number of nitrogens with one attached hydrogen (secondary N) is 2. The van der Waals surface area contributed by atoms with Gasteiger partial charge in [-0.2, -0.15) is 5.10 Å². The Morgan fingerprint density at radius 1 is 1.25 bits per heavy atom. The van der Waals surface area contributed by atoms with Crippen molar-refractivity contribution in [3.63, 3.8) is 0 Å². The Bertz CT molecular complexity index is 748. The average molecular weight is 350 g/mol. The molecule has 0 saturated heterocycles. The molecule has 24 heavy (non-hydrogen) atoms. The number of carbonyl (C=O) groups excluding carboxylic acids is 1. The number of ether oxygens (including phenoxy) is 1. The van der Waals surface area contributed by atoms with E-state index in [4.69, 9.17) is 16.3 Å². The van der Waals surface area contributed by atoms with E-state index < -0.39 is 5.82 Å². The van der Waals surface area contributed by atoms with Gasteiger partial charge in [0.2, 0.25) is 0 Å². The lowest BCUT2D eigenvalue weighted by atomic mass is 10.1. The van der Waals surface area contributed by atoms with E-state index >= 15 is 0 Å². The second-order valence-corrected chi connectivity index (χ2v) is 5.35. The highest BCUT2D eigenvalue weighted by Crippen LogP contribution is 2.18. The quantitative estimate of drug-likeness (QED) is 0.620. The van der Waals surface area contributed by atoms with Crippen LogP contribution in [0.1, 0.15) is 12.5 Å². The number of anilines is 1. The monoisotopic (exact) mass is 349 g/mol. The van der Waals surface area contributed by atoms with E-state index in [-0.39, 0.29) is 17.5 Å². The van der Waals surface area contributed by atoms with Crippen molar-refractivity contribution in [3.8, 4) is 5.75 Å². The summed E-state index contributed by atoms with van der Waals surface area (Å²) in [6, 6.07) is 11.2. The summed E-state index contributed by atoms with van der Waals surface area (Å²) in [4.78, 5) is 11.8. The molecule has 0 aliphatic carbocycles. The molecule has 0 radical (unpaired) electrons. The van der Waals surface area contributed by atoms with Gasteiger partial charge in [-0.05, 0) is 49.4 Å². The SMILES string of the molecule is COc1ccc(NCC(=O)N/N=C(/C)c2ccc(F)cc2Cl)cc1. The van der Waals surface area contributed by atoms with Gasteiger partial charge in [0, 0.05) is 11.3 Å². The molecule has 2 aromatic carbocycles. The maximum Gasteiger partial charge on any atom is 0.259 e. The number of halogens is 2. The number of methoxy groups -OCH3 is 1. The summed E-state index contributed by atoms with van der Waals surface area (Å²) in [6.45, 7) is 1.73. The minimum absolute atomic E-state index is 0.0558. The van der Waals surface area contributed by atoms with E-state index in [1.165, 1.54) is 18.2 Å². The molecule has 0 saturated carbocycles. The summed E-state index contributed by atoms with van der Waals surface area (Å²) in [5.41, 5.74) is 4.25. The van der Waals surface area contributed by atoms with Gasteiger partial charge in [-0.1, -0.05) is 11.6 Å². The Morgan fingerprint density at radius 2 is 1.96 bits per heavy atom. The van der Waals surface area contributed by atoms with E-state index in [2.05, 4.69) is 15.8 Å². The highest BCUT2D eigenvalue weighted by molar-refractivity contribution is 6.34. The van der Waals surface area contributed by atoms with Crippen LogP contribution in [0.3, 0.4) is 0 Å². The van der Waals surface area contributed by atoms with Crippen molar-refractivity contribution >= 4 is 28.9 Å². The normalized spacial score (nSPS) is 11.1. The molecular weight excluding hydrogens is 333 g/mol. The van der Waals surface area contributed by atoms with Crippen molar-refractivity contribution in [2.24, 2.45) is 5.10 Å². The second-order valence-electron chi connectivity index (χ2n) is 4.94. The van der Waals surface area contributed by atoms with Crippen molar-refractivity contribution in [2.45, 2.75) is 6.92 Å². The van der Waals surface area contributed by atoms with E-state index in [1.807, 2.05) is 0 Å². The van der Waals surface area contributed by atoms with Gasteiger partial charge >= 0.3 is 0 Å². The van der Waals surface area contributed by atoms with E-state index in [0.29, 0.717) is 11.3 Å². The molecule has 0 unspecified atom stereocenters. The molecule has 5 nitrogen and oxygen atoms in total. The zero-order valence-corrected chi connectivity index (χ0v) is 14.0. The highest BCUT2D eigenvalue weighted by atomic mass is 35.5. The standard InChI is InChI=1S/C17H17ClFN3O2/c1-11(15-8-3-12(19)9-16(15)18)21-22-17(23)10-20-13-4-6-14(24-2)7-5-13/h3-9,20H,10H2,1-2H3,(H,22,23)/b21-11-. The van der Waals surface area contributed by atoms with E-state index in [9.17, 15) is 9.18 Å². The second kappa shape index (κ2) is 8.31. The fourth-order valence-electron chi connectivity index (χ4n) is 1.92. The van der Waals surface area contributed by atoms with Crippen LogP contribution in [0.25, 0.3) is 0 Å². The van der Waals surface area contributed by atoms with Crippen LogP contribution in [0.4, 0.5) is 10.1 Å². The molecule has 0 spiro atoms. The molecule has 2 N–H and O–H groups in total. The van der Waals surface area contributed by atoms with Gasteiger partial charge in [0.15, 0.2) is 0 Å². The van der Waals surface area contributed by atoms with Crippen LogP contribution in [0.5, 0.6) is 5.75 Å². The molecule has 0 fully saturated rings. The number of amides is 1. The van der Waals surface area contributed by atoms with Crippen molar-refractivity contribution in [1.82, 2.24) is 5.43 Å². The molecule has 0 aliphatic rings. The van der Waals surface area contributed by atoms with E-state index in [0.717, 1.165) is 11.4 Å². The third kappa shape index (κ3) is 4.96. The maximum atomic E-state index is 13.0. The predicted molar refractivity (Wildman–Crippen MR) is 93.2 cm³/mol. The highest BCUT2D eigenvalue weighted by Gasteiger charge is 2.06. The number of rotatable bonds is 6. The summed E-state index contributed by atoms with van der Waals surface area (Å²) in [6.07, 6.45) is 0. The zero-order chi connectivity index (χ0) is 17.5. The summed E-state index contributed by atoms with van der Waals surface area (Å²) in [5.74, 6) is -0.00548. The van der Waals surface area contributed by atoms with Gasteiger partial charge in [-0.15, -0.1) is 0 Å². The number of hydrogen-bond donors (Lipinski definition) is 2. The molecule has 0 heterocycles. The third-order valence-electron chi connectivity index (χ3n) is 3.21. The largest absolute Gasteiger partial charge is 0.497 e. The fraction of sp³-hybridized carbons (Fsp3) is 0.176. The zero-order valence-electron chi connectivity index (χ0n) is 13.3. The Hall–Kier alpha value is -2.60. The van der Waals surface area contributed by atoms with Gasteiger partial charge in [-0.3, -0.25) is 4.79 Å². The average Bonchev–Trinajstić information content (AvgIpc) is 2.58. The van der Waals surface area contributed by atoms with Crippen LogP contribution in [-0.4, -0.2) is 25.3 Å². The van der Waals surface area contributed by atoms with Gasteiger partial charge in [0.25, 0.3) is 5.91 Å². The van der Waals surface area contributed by atoms with Gasteiger partial charge in [0.05, 0.1) is 24.4 Å². The molecule has 2 aromatic rings. The Labute approximate surface area is 144 Å². The molecular formula is C17H17ClFN3O2. The predicted octanol–water partition coefficient (Wildman–Crippen LogP) is 3.44. The lowest BCUT2D eigenvalue weighted by Crippen LogP contribution is -2.26. The molecule has 7 heteroatoms. The number of carbonyl (C=O) groups is 1. The van der Waals surface area contributed by atoms with Gasteiger partial charge in [0.1, 0.15) is 11.6 Å². The first-order valence-corrected chi connectivity index (χ1v) is 7.54. The summed E-state index contributed by atoms with van der Waals surface area (Å²) >= 11 is 5.95. The van der Waals surface area contributed by atoms with Crippen molar-refractivity contribution in [3.05, 3.63) is 58.9 Å². The van der Waals surface area contributed by atoms with Gasteiger partial charge in [-0.25, -0.2) is 9.82 Å². The van der Waals surface area contributed by atoms with Crippen LogP contribution in [0.15, 0.2) is 47.6 Å².